The van der Waals surface area contributed by atoms with Crippen molar-refractivity contribution in [2.75, 3.05) is 6.61 Å². The van der Waals surface area contributed by atoms with Gasteiger partial charge in [0.25, 0.3) is 0 Å². The Morgan fingerprint density at radius 3 is 2.53 bits per heavy atom. The van der Waals surface area contributed by atoms with Gasteiger partial charge < -0.3 is 14.4 Å². The zero-order chi connectivity index (χ0) is 21.1. The molecular weight excluding hydrogens is 444 g/mol. The second-order valence-corrected chi connectivity index (χ2v) is 7.89. The van der Waals surface area contributed by atoms with Crippen LogP contribution in [0, 0.1) is 0 Å². The lowest BCUT2D eigenvalue weighted by molar-refractivity contribution is 0.0692. The molecule has 0 saturated heterocycles. The average Bonchev–Trinajstić information content (AvgIpc) is 3.07. The van der Waals surface area contributed by atoms with Crippen LogP contribution in [0.3, 0.4) is 0 Å². The number of aromatic carboxylic acids is 1. The van der Waals surface area contributed by atoms with Gasteiger partial charge in [-0.1, -0.05) is 46.3 Å². The predicted molar refractivity (Wildman–Crippen MR) is 120 cm³/mol. The number of carbonyl (C=O) groups is 1. The molecule has 6 heteroatoms. The zero-order valence-corrected chi connectivity index (χ0v) is 18.1. The van der Waals surface area contributed by atoms with Crippen LogP contribution in [0.25, 0.3) is 11.0 Å². The monoisotopic (exact) mass is 464 g/mol. The molecule has 4 rings (SSSR count). The van der Waals surface area contributed by atoms with Crippen LogP contribution in [0.2, 0.25) is 0 Å². The molecule has 4 aromatic rings. The van der Waals surface area contributed by atoms with Crippen molar-refractivity contribution in [3.63, 3.8) is 0 Å². The summed E-state index contributed by atoms with van der Waals surface area (Å²) in [6.07, 6.45) is 0.575. The predicted octanol–water partition coefficient (Wildman–Crippen LogP) is 5.53. The van der Waals surface area contributed by atoms with E-state index in [2.05, 4.69) is 38.7 Å². The van der Waals surface area contributed by atoms with Crippen molar-refractivity contribution >= 4 is 32.9 Å². The fourth-order valence-corrected chi connectivity index (χ4v) is 3.78. The number of carboxylic acid groups (broad SMARTS) is 1. The number of hydrogen-bond acceptors (Lipinski definition) is 3. The molecule has 1 N–H and O–H groups in total. The molecule has 0 spiro atoms. The van der Waals surface area contributed by atoms with E-state index < -0.39 is 5.97 Å². The molecule has 1 aromatic heterocycles. The molecular formula is C24H21BrN2O3. The summed E-state index contributed by atoms with van der Waals surface area (Å²) in [5.74, 6) is 0.315. The topological polar surface area (TPSA) is 64.4 Å². The van der Waals surface area contributed by atoms with Crippen molar-refractivity contribution < 1.29 is 14.6 Å². The van der Waals surface area contributed by atoms with Crippen molar-refractivity contribution in [3.05, 3.63) is 93.7 Å². The third-order valence-corrected chi connectivity index (χ3v) is 5.45. The second-order valence-electron chi connectivity index (χ2n) is 6.97. The Morgan fingerprint density at radius 1 is 1.07 bits per heavy atom. The molecule has 0 aliphatic rings. The quantitative estimate of drug-likeness (QED) is 0.390. The van der Waals surface area contributed by atoms with E-state index in [1.165, 1.54) is 5.56 Å². The van der Waals surface area contributed by atoms with Crippen molar-refractivity contribution in [2.24, 2.45) is 0 Å². The molecule has 0 unspecified atom stereocenters. The molecule has 3 aromatic carbocycles. The zero-order valence-electron chi connectivity index (χ0n) is 16.5. The van der Waals surface area contributed by atoms with Crippen LogP contribution in [-0.4, -0.2) is 27.2 Å². The molecule has 0 aliphatic heterocycles. The third kappa shape index (κ3) is 4.24. The fraction of sp³-hybridized carbons (Fsp3) is 0.167. The summed E-state index contributed by atoms with van der Waals surface area (Å²) in [5.41, 5.74) is 4.32. The Bertz CT molecular complexity index is 1200. The number of para-hydroxylation sites is 2. The Morgan fingerprint density at radius 2 is 1.80 bits per heavy atom. The summed E-state index contributed by atoms with van der Waals surface area (Å²) in [6, 6.07) is 21.6. The van der Waals surface area contributed by atoms with Gasteiger partial charge in [0.05, 0.1) is 17.6 Å². The van der Waals surface area contributed by atoms with Gasteiger partial charge in [-0.05, 0) is 54.4 Å². The first kappa shape index (κ1) is 20.2. The van der Waals surface area contributed by atoms with Crippen molar-refractivity contribution in [3.8, 4) is 5.75 Å². The highest BCUT2D eigenvalue weighted by Gasteiger charge is 2.15. The molecule has 0 atom stereocenters. The van der Waals surface area contributed by atoms with Gasteiger partial charge in [-0.25, -0.2) is 9.78 Å². The van der Waals surface area contributed by atoms with Crippen LogP contribution in [0.1, 0.15) is 34.2 Å². The molecule has 0 bridgehead atoms. The van der Waals surface area contributed by atoms with Crippen LogP contribution < -0.4 is 4.74 Å². The number of aromatic nitrogens is 2. The normalized spacial score (nSPS) is 11.0. The maximum atomic E-state index is 11.5. The molecule has 0 amide bonds. The van der Waals surface area contributed by atoms with Crippen LogP contribution in [-0.2, 0) is 13.0 Å². The van der Waals surface area contributed by atoms with E-state index >= 15 is 0 Å². The van der Waals surface area contributed by atoms with Crippen molar-refractivity contribution in [1.82, 2.24) is 9.55 Å². The minimum Gasteiger partial charge on any atom is -0.493 e. The first-order valence-electron chi connectivity index (χ1n) is 9.72. The van der Waals surface area contributed by atoms with Gasteiger partial charge in [-0.3, -0.25) is 0 Å². The first-order chi connectivity index (χ1) is 14.5. The number of ether oxygens (including phenoxy) is 1. The SMILES string of the molecule is CCOc1cc(Cc2nc3ccccc3n2Cc2ccc(Br)cc2)ccc1C(=O)O. The van der Waals surface area contributed by atoms with Gasteiger partial charge in [-0.15, -0.1) is 0 Å². The largest absolute Gasteiger partial charge is 0.493 e. The summed E-state index contributed by atoms with van der Waals surface area (Å²) >= 11 is 3.48. The smallest absolute Gasteiger partial charge is 0.339 e. The number of hydrogen-bond donors (Lipinski definition) is 1. The number of rotatable bonds is 7. The number of imidazole rings is 1. The van der Waals surface area contributed by atoms with E-state index in [9.17, 15) is 9.90 Å². The fourth-order valence-electron chi connectivity index (χ4n) is 3.52. The number of nitrogens with zero attached hydrogens (tertiary/aromatic N) is 2. The van der Waals surface area contributed by atoms with Gasteiger partial charge in [0.15, 0.2) is 0 Å². The Balaban J connectivity index is 1.73. The minimum absolute atomic E-state index is 0.170. The summed E-state index contributed by atoms with van der Waals surface area (Å²) in [6.45, 7) is 2.95. The summed E-state index contributed by atoms with van der Waals surface area (Å²) in [5, 5.41) is 9.40. The molecule has 0 aliphatic carbocycles. The lowest BCUT2D eigenvalue weighted by Crippen LogP contribution is -2.07. The Kier molecular flexibility index (Phi) is 5.86. The van der Waals surface area contributed by atoms with Crippen LogP contribution >= 0.6 is 15.9 Å². The van der Waals surface area contributed by atoms with Gasteiger partial charge in [0.2, 0.25) is 0 Å². The van der Waals surface area contributed by atoms with E-state index in [4.69, 9.17) is 9.72 Å². The average molecular weight is 465 g/mol. The van der Waals surface area contributed by atoms with Crippen LogP contribution in [0.5, 0.6) is 5.75 Å². The molecule has 0 radical (unpaired) electrons. The summed E-state index contributed by atoms with van der Waals surface area (Å²) < 4.78 is 8.82. The number of halogens is 1. The Labute approximate surface area is 183 Å². The van der Waals surface area contributed by atoms with Gasteiger partial charge in [0, 0.05) is 17.4 Å². The number of fused-ring (bicyclic) bond motifs is 1. The lowest BCUT2D eigenvalue weighted by atomic mass is 10.1. The molecule has 0 saturated carbocycles. The van der Waals surface area contributed by atoms with Crippen LogP contribution in [0.15, 0.2) is 71.2 Å². The molecule has 30 heavy (non-hydrogen) atoms. The van der Waals surface area contributed by atoms with E-state index in [1.54, 1.807) is 12.1 Å². The van der Waals surface area contributed by atoms with Gasteiger partial charge in [-0.2, -0.15) is 0 Å². The summed E-state index contributed by atoms with van der Waals surface area (Å²) in [7, 11) is 0. The Hall–Kier alpha value is -3.12. The van der Waals surface area contributed by atoms with Crippen LogP contribution in [0.4, 0.5) is 0 Å². The van der Waals surface area contributed by atoms with Gasteiger partial charge >= 0.3 is 5.97 Å². The maximum absolute atomic E-state index is 11.5. The highest BCUT2D eigenvalue weighted by Crippen LogP contribution is 2.25. The molecule has 0 fully saturated rings. The van der Waals surface area contributed by atoms with Crippen molar-refractivity contribution in [2.45, 2.75) is 19.9 Å². The highest BCUT2D eigenvalue weighted by atomic mass is 79.9. The van der Waals surface area contributed by atoms with Crippen molar-refractivity contribution in [1.29, 1.82) is 0 Å². The molecule has 152 valence electrons. The minimum atomic E-state index is -0.993. The van der Waals surface area contributed by atoms with E-state index in [1.807, 2.05) is 43.3 Å². The van der Waals surface area contributed by atoms with E-state index in [-0.39, 0.29) is 5.56 Å². The molecule has 5 nitrogen and oxygen atoms in total. The van der Waals surface area contributed by atoms with E-state index in [0.717, 1.165) is 26.9 Å². The second kappa shape index (κ2) is 8.71. The first-order valence-corrected chi connectivity index (χ1v) is 10.5. The highest BCUT2D eigenvalue weighted by molar-refractivity contribution is 9.10. The standard InChI is InChI=1S/C24H21BrN2O3/c1-2-30-22-13-17(9-12-19(22)24(28)29)14-23-26-20-5-3-4-6-21(20)27(23)15-16-7-10-18(25)11-8-16/h3-13H,2,14-15H2,1H3,(H,28,29). The maximum Gasteiger partial charge on any atom is 0.339 e. The third-order valence-electron chi connectivity index (χ3n) is 4.93. The molecule has 1 heterocycles. The summed E-state index contributed by atoms with van der Waals surface area (Å²) in [4.78, 5) is 16.3. The van der Waals surface area contributed by atoms with Gasteiger partial charge in [0.1, 0.15) is 17.1 Å². The number of benzene rings is 3. The van der Waals surface area contributed by atoms with E-state index in [0.29, 0.717) is 25.3 Å². The lowest BCUT2D eigenvalue weighted by Gasteiger charge is -2.12. The number of carboxylic acids is 1.